The highest BCUT2D eigenvalue weighted by atomic mass is 16.1. The molecule has 0 saturated carbocycles. The summed E-state index contributed by atoms with van der Waals surface area (Å²) in [5.41, 5.74) is 2.91. The van der Waals surface area contributed by atoms with Gasteiger partial charge in [0.05, 0.1) is 0 Å². The first kappa shape index (κ1) is 17.1. The standard InChI is InChI=1S/C20H26N2O/c1-3-5-9-16(4-2)20(23)22-19-14-12-18(13-15-19)21-17-10-7-6-8-11-17/h6-8,10-16,21H,3-5,9H2,1-2H3,(H,22,23)/t16-/m0/s1. The molecule has 2 aromatic rings. The van der Waals surface area contributed by atoms with E-state index in [0.29, 0.717) is 0 Å². The second kappa shape index (κ2) is 8.99. The maximum absolute atomic E-state index is 12.3. The van der Waals surface area contributed by atoms with Gasteiger partial charge in [0.25, 0.3) is 0 Å². The van der Waals surface area contributed by atoms with Crippen molar-refractivity contribution in [2.45, 2.75) is 39.5 Å². The number of carbonyl (C=O) groups is 1. The second-order valence-corrected chi connectivity index (χ2v) is 5.81. The molecule has 0 unspecified atom stereocenters. The van der Waals surface area contributed by atoms with Crippen molar-refractivity contribution in [2.24, 2.45) is 5.92 Å². The van der Waals surface area contributed by atoms with Crippen molar-refractivity contribution in [1.29, 1.82) is 0 Å². The molecule has 0 fully saturated rings. The summed E-state index contributed by atoms with van der Waals surface area (Å²) in [5.74, 6) is 0.238. The van der Waals surface area contributed by atoms with Crippen LogP contribution in [0.1, 0.15) is 39.5 Å². The minimum Gasteiger partial charge on any atom is -0.356 e. The molecule has 3 heteroatoms. The van der Waals surface area contributed by atoms with Crippen LogP contribution in [0.25, 0.3) is 0 Å². The fourth-order valence-corrected chi connectivity index (χ4v) is 2.54. The average molecular weight is 310 g/mol. The number of nitrogens with one attached hydrogen (secondary N) is 2. The quantitative estimate of drug-likeness (QED) is 0.667. The summed E-state index contributed by atoms with van der Waals surface area (Å²) in [5, 5.41) is 6.36. The highest BCUT2D eigenvalue weighted by molar-refractivity contribution is 5.92. The van der Waals surface area contributed by atoms with Crippen LogP contribution in [-0.4, -0.2) is 5.91 Å². The van der Waals surface area contributed by atoms with Crippen LogP contribution >= 0.6 is 0 Å². The average Bonchev–Trinajstić information content (AvgIpc) is 2.58. The van der Waals surface area contributed by atoms with E-state index in [0.717, 1.165) is 42.7 Å². The first-order chi connectivity index (χ1) is 11.2. The van der Waals surface area contributed by atoms with Crippen molar-refractivity contribution in [3.8, 4) is 0 Å². The third kappa shape index (κ3) is 5.44. The number of hydrogen-bond donors (Lipinski definition) is 2. The van der Waals surface area contributed by atoms with Crippen molar-refractivity contribution >= 4 is 23.0 Å². The predicted octanol–water partition coefficient (Wildman–Crippen LogP) is 5.59. The number of rotatable bonds is 8. The molecular weight excluding hydrogens is 284 g/mol. The normalized spacial score (nSPS) is 11.7. The first-order valence-corrected chi connectivity index (χ1v) is 8.46. The zero-order valence-electron chi connectivity index (χ0n) is 14.0. The van der Waals surface area contributed by atoms with Gasteiger partial charge in [0.15, 0.2) is 0 Å². The van der Waals surface area contributed by atoms with Crippen molar-refractivity contribution in [3.63, 3.8) is 0 Å². The molecule has 0 saturated heterocycles. The Kier molecular flexibility index (Phi) is 6.67. The van der Waals surface area contributed by atoms with Gasteiger partial charge in [-0.1, -0.05) is 44.9 Å². The van der Waals surface area contributed by atoms with Gasteiger partial charge in [-0.25, -0.2) is 0 Å². The van der Waals surface area contributed by atoms with E-state index in [4.69, 9.17) is 0 Å². The monoisotopic (exact) mass is 310 g/mol. The third-order valence-corrected chi connectivity index (χ3v) is 3.98. The molecule has 1 atom stereocenters. The van der Waals surface area contributed by atoms with Gasteiger partial charge in [0.2, 0.25) is 5.91 Å². The van der Waals surface area contributed by atoms with Gasteiger partial charge in [0, 0.05) is 23.0 Å². The molecular formula is C20H26N2O. The highest BCUT2D eigenvalue weighted by Gasteiger charge is 2.15. The zero-order valence-corrected chi connectivity index (χ0v) is 14.0. The summed E-state index contributed by atoms with van der Waals surface area (Å²) in [6, 6.07) is 17.9. The number of unbranched alkanes of at least 4 members (excludes halogenated alkanes) is 1. The largest absolute Gasteiger partial charge is 0.356 e. The van der Waals surface area contributed by atoms with E-state index in [2.05, 4.69) is 24.5 Å². The Morgan fingerprint density at radius 1 is 0.913 bits per heavy atom. The lowest BCUT2D eigenvalue weighted by Gasteiger charge is -2.15. The number of para-hydroxylation sites is 1. The van der Waals surface area contributed by atoms with Crippen molar-refractivity contribution in [1.82, 2.24) is 0 Å². The molecule has 122 valence electrons. The van der Waals surface area contributed by atoms with Crippen LogP contribution in [0.2, 0.25) is 0 Å². The summed E-state index contributed by atoms with van der Waals surface area (Å²) < 4.78 is 0. The Labute approximate surface area is 139 Å². The fourth-order valence-electron chi connectivity index (χ4n) is 2.54. The number of hydrogen-bond acceptors (Lipinski definition) is 2. The van der Waals surface area contributed by atoms with Gasteiger partial charge in [-0.05, 0) is 49.2 Å². The van der Waals surface area contributed by atoms with E-state index in [1.54, 1.807) is 0 Å². The summed E-state index contributed by atoms with van der Waals surface area (Å²) in [4.78, 5) is 12.3. The Morgan fingerprint density at radius 2 is 1.52 bits per heavy atom. The molecule has 1 amide bonds. The lowest BCUT2D eigenvalue weighted by atomic mass is 9.98. The second-order valence-electron chi connectivity index (χ2n) is 5.81. The molecule has 0 heterocycles. The Balaban J connectivity index is 1.92. The van der Waals surface area contributed by atoms with Crippen LogP contribution in [0.3, 0.4) is 0 Å². The van der Waals surface area contributed by atoms with E-state index in [-0.39, 0.29) is 11.8 Å². The van der Waals surface area contributed by atoms with Crippen LogP contribution in [0.4, 0.5) is 17.1 Å². The van der Waals surface area contributed by atoms with Crippen LogP contribution in [0.5, 0.6) is 0 Å². The van der Waals surface area contributed by atoms with E-state index >= 15 is 0 Å². The summed E-state index contributed by atoms with van der Waals surface area (Å²) in [6.45, 7) is 4.23. The van der Waals surface area contributed by atoms with Gasteiger partial charge in [-0.15, -0.1) is 0 Å². The number of benzene rings is 2. The van der Waals surface area contributed by atoms with Gasteiger partial charge in [-0.3, -0.25) is 4.79 Å². The molecule has 23 heavy (non-hydrogen) atoms. The van der Waals surface area contributed by atoms with Gasteiger partial charge in [-0.2, -0.15) is 0 Å². The van der Waals surface area contributed by atoms with Crippen molar-refractivity contribution < 1.29 is 4.79 Å². The van der Waals surface area contributed by atoms with Crippen molar-refractivity contribution in [2.75, 3.05) is 10.6 Å². The number of carbonyl (C=O) groups excluding carboxylic acids is 1. The van der Waals surface area contributed by atoms with Crippen LogP contribution in [0.15, 0.2) is 54.6 Å². The molecule has 0 aliphatic rings. The van der Waals surface area contributed by atoms with E-state index < -0.39 is 0 Å². The molecule has 2 N–H and O–H groups in total. The molecule has 0 aromatic heterocycles. The number of anilines is 3. The lowest BCUT2D eigenvalue weighted by molar-refractivity contribution is -0.120. The summed E-state index contributed by atoms with van der Waals surface area (Å²) in [6.07, 6.45) is 4.08. The maximum Gasteiger partial charge on any atom is 0.227 e. The Morgan fingerprint density at radius 3 is 2.13 bits per heavy atom. The molecule has 0 radical (unpaired) electrons. The van der Waals surface area contributed by atoms with Gasteiger partial charge in [0.1, 0.15) is 0 Å². The molecule has 0 aliphatic heterocycles. The lowest BCUT2D eigenvalue weighted by Crippen LogP contribution is -2.22. The topological polar surface area (TPSA) is 41.1 Å². The molecule has 0 bridgehead atoms. The highest BCUT2D eigenvalue weighted by Crippen LogP contribution is 2.20. The van der Waals surface area contributed by atoms with Crippen LogP contribution in [0, 0.1) is 5.92 Å². The van der Waals surface area contributed by atoms with Crippen LogP contribution < -0.4 is 10.6 Å². The summed E-state index contributed by atoms with van der Waals surface area (Å²) in [7, 11) is 0. The minimum atomic E-state index is 0.108. The predicted molar refractivity (Wildman–Crippen MR) is 98.1 cm³/mol. The van der Waals surface area contributed by atoms with Crippen LogP contribution in [-0.2, 0) is 4.79 Å². The Bertz CT molecular complexity index is 593. The zero-order chi connectivity index (χ0) is 16.5. The molecule has 0 aliphatic carbocycles. The van der Waals surface area contributed by atoms with Crippen molar-refractivity contribution in [3.05, 3.63) is 54.6 Å². The SMILES string of the molecule is CCCC[C@H](CC)C(=O)Nc1ccc(Nc2ccccc2)cc1. The van der Waals surface area contributed by atoms with Gasteiger partial charge < -0.3 is 10.6 Å². The number of amides is 1. The molecule has 2 rings (SSSR count). The molecule has 0 spiro atoms. The smallest absolute Gasteiger partial charge is 0.227 e. The molecule has 2 aromatic carbocycles. The van der Waals surface area contributed by atoms with E-state index in [9.17, 15) is 4.79 Å². The summed E-state index contributed by atoms with van der Waals surface area (Å²) >= 11 is 0. The maximum atomic E-state index is 12.3. The van der Waals surface area contributed by atoms with E-state index in [1.807, 2.05) is 54.6 Å². The first-order valence-electron chi connectivity index (χ1n) is 8.46. The fraction of sp³-hybridized carbons (Fsp3) is 0.350. The van der Waals surface area contributed by atoms with E-state index in [1.165, 1.54) is 0 Å². The molecule has 3 nitrogen and oxygen atoms in total. The van der Waals surface area contributed by atoms with Gasteiger partial charge >= 0.3 is 0 Å². The minimum absolute atomic E-state index is 0.108. The third-order valence-electron chi connectivity index (χ3n) is 3.98. The Hall–Kier alpha value is -2.29.